The lowest BCUT2D eigenvalue weighted by atomic mass is 10.2. The number of aromatic nitrogens is 2. The molecule has 1 aliphatic carbocycles. The first kappa shape index (κ1) is 14.7. The highest BCUT2D eigenvalue weighted by Crippen LogP contribution is 2.36. The van der Waals surface area contributed by atoms with Gasteiger partial charge in [0.2, 0.25) is 15.0 Å². The summed E-state index contributed by atoms with van der Waals surface area (Å²) in [6.45, 7) is 3.45. The zero-order chi connectivity index (χ0) is 15.4. The van der Waals surface area contributed by atoms with Gasteiger partial charge in [-0.25, -0.2) is 13.4 Å². The molecule has 0 aliphatic heterocycles. The second-order valence-corrected chi connectivity index (χ2v) is 8.37. The van der Waals surface area contributed by atoms with Crippen molar-refractivity contribution in [3.05, 3.63) is 32.5 Å². The molecule has 0 bridgehead atoms. The van der Waals surface area contributed by atoms with Crippen LogP contribution in [0.3, 0.4) is 0 Å². The molecule has 112 valence electrons. The molecular formula is C14H15BrN2O3S. The largest absolute Gasteiger partial charge is 0.280 e. The van der Waals surface area contributed by atoms with Gasteiger partial charge in [-0.05, 0) is 53.4 Å². The van der Waals surface area contributed by atoms with E-state index >= 15 is 0 Å². The van der Waals surface area contributed by atoms with Crippen molar-refractivity contribution in [2.45, 2.75) is 37.9 Å². The number of benzene rings is 1. The zero-order valence-corrected chi connectivity index (χ0v) is 14.2. The second kappa shape index (κ2) is 4.91. The van der Waals surface area contributed by atoms with E-state index in [0.29, 0.717) is 15.4 Å². The van der Waals surface area contributed by atoms with E-state index in [9.17, 15) is 13.2 Å². The fourth-order valence-electron chi connectivity index (χ4n) is 2.38. The smallest absolute Gasteiger partial charge is 0.262 e. The average Bonchev–Trinajstić information content (AvgIpc) is 3.23. The van der Waals surface area contributed by atoms with Crippen LogP contribution in [-0.4, -0.2) is 23.7 Å². The minimum Gasteiger partial charge on any atom is -0.280 e. The molecule has 0 spiro atoms. The van der Waals surface area contributed by atoms with Crippen LogP contribution in [-0.2, 0) is 9.84 Å². The van der Waals surface area contributed by atoms with E-state index in [2.05, 4.69) is 20.9 Å². The molecule has 7 heteroatoms. The number of fused-ring (bicyclic) bond motifs is 1. The third-order valence-electron chi connectivity index (χ3n) is 3.64. The molecule has 2 aromatic rings. The van der Waals surface area contributed by atoms with Crippen LogP contribution in [0.15, 0.2) is 26.6 Å². The highest BCUT2D eigenvalue weighted by Gasteiger charge is 2.32. The summed E-state index contributed by atoms with van der Waals surface area (Å²) >= 11 is 3.38. The fraction of sp³-hybridized carbons (Fsp3) is 0.429. The number of sulfone groups is 1. The van der Waals surface area contributed by atoms with Crippen molar-refractivity contribution < 1.29 is 8.42 Å². The van der Waals surface area contributed by atoms with Crippen LogP contribution in [0.2, 0.25) is 0 Å². The first-order chi connectivity index (χ1) is 9.85. The molecule has 3 rings (SSSR count). The van der Waals surface area contributed by atoms with Gasteiger partial charge in [-0.1, -0.05) is 6.92 Å². The number of nitrogens with zero attached hydrogens (tertiary/aromatic N) is 2. The van der Waals surface area contributed by atoms with Crippen molar-refractivity contribution in [3.8, 4) is 0 Å². The predicted octanol–water partition coefficient (Wildman–Crippen LogP) is 2.60. The Kier molecular flexibility index (Phi) is 3.44. The van der Waals surface area contributed by atoms with Gasteiger partial charge in [-0.3, -0.25) is 9.36 Å². The van der Waals surface area contributed by atoms with E-state index in [1.54, 1.807) is 13.0 Å². The Balaban J connectivity index is 2.48. The van der Waals surface area contributed by atoms with E-state index in [1.165, 1.54) is 4.57 Å². The van der Waals surface area contributed by atoms with Crippen molar-refractivity contribution in [3.63, 3.8) is 0 Å². The molecule has 1 fully saturated rings. The molecule has 5 nitrogen and oxygen atoms in total. The van der Waals surface area contributed by atoms with Gasteiger partial charge in [0.1, 0.15) is 0 Å². The van der Waals surface area contributed by atoms with Crippen LogP contribution in [0.5, 0.6) is 0 Å². The molecule has 21 heavy (non-hydrogen) atoms. The Labute approximate surface area is 131 Å². The molecule has 1 saturated carbocycles. The molecule has 0 saturated heterocycles. The summed E-state index contributed by atoms with van der Waals surface area (Å²) in [6.07, 6.45) is 1.65. The first-order valence-corrected chi connectivity index (χ1v) is 9.25. The monoisotopic (exact) mass is 370 g/mol. The minimum atomic E-state index is -3.54. The van der Waals surface area contributed by atoms with Gasteiger partial charge in [0.15, 0.2) is 0 Å². The molecule has 1 aromatic carbocycles. The van der Waals surface area contributed by atoms with Gasteiger partial charge in [0.25, 0.3) is 5.56 Å². The van der Waals surface area contributed by atoms with Crippen LogP contribution in [0.4, 0.5) is 0 Å². The van der Waals surface area contributed by atoms with E-state index < -0.39 is 9.84 Å². The van der Waals surface area contributed by atoms with Gasteiger partial charge >= 0.3 is 0 Å². The normalized spacial score (nSPS) is 15.6. The van der Waals surface area contributed by atoms with Crippen LogP contribution in [0.1, 0.15) is 31.4 Å². The summed E-state index contributed by atoms with van der Waals surface area (Å²) in [6, 6.07) is 3.56. The number of rotatable bonds is 3. The van der Waals surface area contributed by atoms with Gasteiger partial charge in [-0.15, -0.1) is 0 Å². The molecule has 1 heterocycles. The molecular weight excluding hydrogens is 356 g/mol. The number of hydrogen-bond donors (Lipinski definition) is 0. The van der Waals surface area contributed by atoms with Crippen LogP contribution < -0.4 is 5.56 Å². The van der Waals surface area contributed by atoms with Crippen LogP contribution in [0.25, 0.3) is 10.9 Å². The molecule has 0 N–H and O–H groups in total. The SMILES string of the molecule is CCS(=O)(=O)c1nc2c(Br)cc(C)cc2c(=O)n1C1CC1. The fourth-order valence-corrected chi connectivity index (χ4v) is 4.06. The summed E-state index contributed by atoms with van der Waals surface area (Å²) in [5.41, 5.74) is 1.08. The van der Waals surface area contributed by atoms with Crippen molar-refractivity contribution in [2.75, 3.05) is 5.75 Å². The van der Waals surface area contributed by atoms with E-state index in [4.69, 9.17) is 0 Å². The standard InChI is InChI=1S/C14H15BrN2O3S/c1-3-21(19,20)14-16-12-10(6-8(2)7-11(12)15)13(18)17(14)9-4-5-9/h6-7,9H,3-5H2,1-2H3. The maximum Gasteiger partial charge on any atom is 0.262 e. The Hall–Kier alpha value is -1.21. The van der Waals surface area contributed by atoms with Crippen molar-refractivity contribution in [2.24, 2.45) is 0 Å². The highest BCUT2D eigenvalue weighted by atomic mass is 79.9. The number of aryl methyl sites for hydroxylation is 1. The van der Waals surface area contributed by atoms with Gasteiger partial charge in [0.05, 0.1) is 16.7 Å². The number of halogens is 1. The van der Waals surface area contributed by atoms with Gasteiger partial charge in [0, 0.05) is 10.5 Å². The Morgan fingerprint density at radius 1 is 1.38 bits per heavy atom. The van der Waals surface area contributed by atoms with Gasteiger partial charge < -0.3 is 0 Å². The van der Waals surface area contributed by atoms with E-state index in [-0.39, 0.29) is 22.5 Å². The summed E-state index contributed by atoms with van der Waals surface area (Å²) in [5.74, 6) is -0.0683. The Morgan fingerprint density at radius 3 is 2.62 bits per heavy atom. The van der Waals surface area contributed by atoms with E-state index in [1.807, 2.05) is 13.0 Å². The highest BCUT2D eigenvalue weighted by molar-refractivity contribution is 9.10. The van der Waals surface area contributed by atoms with Crippen molar-refractivity contribution in [1.29, 1.82) is 0 Å². The maximum absolute atomic E-state index is 12.7. The molecule has 0 radical (unpaired) electrons. The van der Waals surface area contributed by atoms with Crippen LogP contribution >= 0.6 is 15.9 Å². The predicted molar refractivity (Wildman–Crippen MR) is 84.4 cm³/mol. The van der Waals surface area contributed by atoms with Crippen molar-refractivity contribution >= 4 is 36.7 Å². The molecule has 0 amide bonds. The number of hydrogen-bond acceptors (Lipinski definition) is 4. The lowest BCUT2D eigenvalue weighted by Gasteiger charge is -2.13. The molecule has 0 atom stereocenters. The van der Waals surface area contributed by atoms with E-state index in [0.717, 1.165) is 18.4 Å². The quantitative estimate of drug-likeness (QED) is 0.778. The Morgan fingerprint density at radius 2 is 2.05 bits per heavy atom. The molecule has 0 unspecified atom stereocenters. The first-order valence-electron chi connectivity index (χ1n) is 6.80. The maximum atomic E-state index is 12.7. The average molecular weight is 371 g/mol. The summed E-state index contributed by atoms with van der Waals surface area (Å²) in [7, 11) is -3.54. The summed E-state index contributed by atoms with van der Waals surface area (Å²) in [5, 5.41) is 0.360. The molecule has 1 aromatic heterocycles. The van der Waals surface area contributed by atoms with Crippen LogP contribution in [0, 0.1) is 6.92 Å². The summed E-state index contributed by atoms with van der Waals surface area (Å²) in [4.78, 5) is 17.0. The zero-order valence-electron chi connectivity index (χ0n) is 11.8. The summed E-state index contributed by atoms with van der Waals surface area (Å²) < 4.78 is 26.6. The van der Waals surface area contributed by atoms with Gasteiger partial charge in [-0.2, -0.15) is 0 Å². The minimum absolute atomic E-state index is 0.0370. The lowest BCUT2D eigenvalue weighted by molar-refractivity contribution is 0.551. The second-order valence-electron chi connectivity index (χ2n) is 5.35. The third-order valence-corrected chi connectivity index (χ3v) is 5.85. The third kappa shape index (κ3) is 2.42. The van der Waals surface area contributed by atoms with Crippen molar-refractivity contribution in [1.82, 2.24) is 9.55 Å². The lowest BCUT2D eigenvalue weighted by Crippen LogP contribution is -2.27. The molecule has 1 aliphatic rings. The topological polar surface area (TPSA) is 69.0 Å². The Bertz CT molecular complexity index is 899.